The number of carbonyl (C=O) groups excluding carboxylic acids is 2. The summed E-state index contributed by atoms with van der Waals surface area (Å²) in [6, 6.07) is 9.03. The molecule has 3 aliphatic rings. The highest BCUT2D eigenvalue weighted by Gasteiger charge is 2.57. The number of nitrogens with zero attached hydrogens (tertiary/aromatic N) is 3. The summed E-state index contributed by atoms with van der Waals surface area (Å²) in [5.41, 5.74) is 3.59. The molecule has 3 heterocycles. The molecule has 1 spiro atoms. The molecule has 224 valence electrons. The Kier molecular flexibility index (Phi) is 7.74. The molecule has 3 aromatic rings. The number of aromatic nitrogens is 1. The van der Waals surface area contributed by atoms with Crippen molar-refractivity contribution in [2.24, 2.45) is 0 Å². The second-order valence-electron chi connectivity index (χ2n) is 11.2. The van der Waals surface area contributed by atoms with Crippen LogP contribution in [0.15, 0.2) is 49.2 Å². The van der Waals surface area contributed by atoms with E-state index in [1.165, 1.54) is 20.3 Å². The zero-order valence-electron chi connectivity index (χ0n) is 24.3. The predicted octanol–water partition coefficient (Wildman–Crippen LogP) is 4.75. The van der Waals surface area contributed by atoms with Crippen LogP contribution in [0, 0.1) is 11.6 Å². The van der Waals surface area contributed by atoms with E-state index in [2.05, 4.69) is 11.5 Å². The molecule has 2 fully saturated rings. The molecule has 6 rings (SSSR count). The Balaban J connectivity index is 1.36. The first-order chi connectivity index (χ1) is 20.8. The van der Waals surface area contributed by atoms with Gasteiger partial charge in [-0.25, -0.2) is 8.78 Å². The normalized spacial score (nSPS) is 17.5. The lowest BCUT2D eigenvalue weighted by atomic mass is 9.85. The van der Waals surface area contributed by atoms with Crippen LogP contribution in [0.5, 0.6) is 11.5 Å². The van der Waals surface area contributed by atoms with Crippen LogP contribution < -0.4 is 14.4 Å². The molecule has 1 saturated heterocycles. The van der Waals surface area contributed by atoms with Gasteiger partial charge < -0.3 is 19.1 Å². The van der Waals surface area contributed by atoms with Gasteiger partial charge in [0.25, 0.3) is 0 Å². The smallest absolute Gasteiger partial charge is 0.238 e. The quantitative estimate of drug-likeness (QED) is 0.333. The highest BCUT2D eigenvalue weighted by molar-refractivity contribution is 6.05. The van der Waals surface area contributed by atoms with E-state index in [-0.39, 0.29) is 36.2 Å². The van der Waals surface area contributed by atoms with Crippen LogP contribution in [0.4, 0.5) is 14.5 Å². The minimum atomic E-state index is -0.961. The number of ether oxygens (including phenoxy) is 3. The highest BCUT2D eigenvalue weighted by Crippen LogP contribution is 2.55. The number of pyridine rings is 1. The summed E-state index contributed by atoms with van der Waals surface area (Å²) in [4.78, 5) is 34.4. The fourth-order valence-electron chi connectivity index (χ4n) is 6.09. The van der Waals surface area contributed by atoms with Crippen LogP contribution in [0.1, 0.15) is 35.1 Å². The minimum Gasteiger partial charge on any atom is -0.493 e. The fraction of sp³-hybridized carbons (Fsp3) is 0.364. The van der Waals surface area contributed by atoms with Crippen molar-refractivity contribution >= 4 is 17.4 Å². The Morgan fingerprint density at radius 2 is 1.77 bits per heavy atom. The van der Waals surface area contributed by atoms with E-state index in [1.807, 2.05) is 24.3 Å². The first-order valence-corrected chi connectivity index (χ1v) is 14.3. The van der Waals surface area contributed by atoms with Crippen LogP contribution in [-0.4, -0.2) is 62.1 Å². The van der Waals surface area contributed by atoms with Crippen molar-refractivity contribution in [1.29, 1.82) is 0 Å². The topological polar surface area (TPSA) is 81.2 Å². The second kappa shape index (κ2) is 11.5. The van der Waals surface area contributed by atoms with Gasteiger partial charge in [-0.05, 0) is 53.3 Å². The number of carbonyl (C=O) groups is 2. The van der Waals surface area contributed by atoms with Gasteiger partial charge in [0.1, 0.15) is 5.69 Å². The van der Waals surface area contributed by atoms with Crippen LogP contribution >= 0.6 is 0 Å². The number of halogens is 2. The predicted molar refractivity (Wildman–Crippen MR) is 156 cm³/mol. The number of hydrogen-bond donors (Lipinski definition) is 0. The molecule has 1 aromatic heterocycles. The van der Waals surface area contributed by atoms with Gasteiger partial charge in [0, 0.05) is 43.9 Å². The summed E-state index contributed by atoms with van der Waals surface area (Å²) in [5.74, 6) is -2.80. The number of fused-ring (bicyclic) bond motifs is 2. The average molecular weight is 590 g/mol. The monoisotopic (exact) mass is 589 g/mol. The van der Waals surface area contributed by atoms with Crippen LogP contribution in [0.25, 0.3) is 11.3 Å². The van der Waals surface area contributed by atoms with Gasteiger partial charge in [-0.1, -0.05) is 18.7 Å². The molecule has 43 heavy (non-hydrogen) atoms. The maximum absolute atomic E-state index is 15.4. The van der Waals surface area contributed by atoms with Crippen LogP contribution in [0.2, 0.25) is 0 Å². The van der Waals surface area contributed by atoms with Gasteiger partial charge in [-0.15, -0.1) is 0 Å². The molecule has 8 nitrogen and oxygen atoms in total. The first-order valence-electron chi connectivity index (χ1n) is 14.3. The van der Waals surface area contributed by atoms with E-state index in [0.29, 0.717) is 43.9 Å². The molecule has 2 aromatic carbocycles. The lowest BCUT2D eigenvalue weighted by Crippen LogP contribution is -2.45. The molecule has 0 atom stereocenters. The van der Waals surface area contributed by atoms with Crippen molar-refractivity contribution in [2.45, 2.75) is 37.8 Å². The molecule has 0 unspecified atom stereocenters. The number of hydrogen-bond acceptors (Lipinski definition) is 7. The molecule has 2 aliphatic heterocycles. The van der Waals surface area contributed by atoms with Crippen molar-refractivity contribution in [3.05, 3.63) is 83.1 Å². The molecular weight excluding hydrogens is 556 g/mol. The molecule has 1 saturated carbocycles. The van der Waals surface area contributed by atoms with Crippen molar-refractivity contribution in [3.8, 4) is 22.8 Å². The Morgan fingerprint density at radius 1 is 1.07 bits per heavy atom. The summed E-state index contributed by atoms with van der Waals surface area (Å²) in [6.45, 7) is 7.30. The standard InChI is InChI=1S/C33H33F2N3O5/c1-4-24(39)14-22-13-20(5-6-21(22)18-37-9-11-43-12-10-37)26-15-25-23(17-36-26)19-38(32(40)33(25)7-8-33)31-29(34)27(41-2)16-28(42-3)30(31)35/h4-6,13,15-17H,1,7-12,14,18-19H2,2-3H3. The minimum absolute atomic E-state index is 0.0507. The van der Waals surface area contributed by atoms with Crippen molar-refractivity contribution in [3.63, 3.8) is 0 Å². The number of benzene rings is 2. The number of amides is 1. The number of rotatable bonds is 9. The molecular formula is C33H33F2N3O5. The summed E-state index contributed by atoms with van der Waals surface area (Å²) in [5, 5.41) is 0. The number of morpholine rings is 1. The Hall–Kier alpha value is -4.15. The average Bonchev–Trinajstić information content (AvgIpc) is 3.83. The van der Waals surface area contributed by atoms with Crippen molar-refractivity contribution in [2.75, 3.05) is 45.4 Å². The van der Waals surface area contributed by atoms with Crippen LogP contribution in [0.3, 0.4) is 0 Å². The third-order valence-corrected chi connectivity index (χ3v) is 8.65. The van der Waals surface area contributed by atoms with Crippen molar-refractivity contribution in [1.82, 2.24) is 9.88 Å². The van der Waals surface area contributed by atoms with E-state index < -0.39 is 22.7 Å². The molecule has 1 aliphatic carbocycles. The van der Waals surface area contributed by atoms with E-state index in [4.69, 9.17) is 19.2 Å². The Labute approximate surface area is 248 Å². The van der Waals surface area contributed by atoms with E-state index in [1.54, 1.807) is 6.20 Å². The number of ketones is 1. The largest absolute Gasteiger partial charge is 0.493 e. The molecule has 0 bridgehead atoms. The third-order valence-electron chi connectivity index (χ3n) is 8.65. The van der Waals surface area contributed by atoms with Gasteiger partial charge in [0.15, 0.2) is 28.9 Å². The Bertz CT molecular complexity index is 1590. The number of anilines is 1. The highest BCUT2D eigenvalue weighted by atomic mass is 19.1. The summed E-state index contributed by atoms with van der Waals surface area (Å²) in [6.07, 6.45) is 4.34. The molecule has 10 heteroatoms. The van der Waals surface area contributed by atoms with Gasteiger partial charge in [-0.3, -0.25) is 19.5 Å². The SMILES string of the molecule is C=CC(=O)Cc1cc(-c2cc3c(cn2)CN(c2c(F)c(OC)cc(OC)c2F)C(=O)C32CC2)ccc1CN1CCOCC1. The Morgan fingerprint density at radius 3 is 2.40 bits per heavy atom. The summed E-state index contributed by atoms with van der Waals surface area (Å²) in [7, 11) is 2.54. The van der Waals surface area contributed by atoms with E-state index >= 15 is 8.78 Å². The lowest BCUT2D eigenvalue weighted by Gasteiger charge is -2.35. The van der Waals surface area contributed by atoms with Gasteiger partial charge in [0.2, 0.25) is 5.91 Å². The van der Waals surface area contributed by atoms with E-state index in [0.717, 1.165) is 46.3 Å². The molecule has 0 radical (unpaired) electrons. The maximum atomic E-state index is 15.4. The van der Waals surface area contributed by atoms with Crippen molar-refractivity contribution < 1.29 is 32.6 Å². The zero-order valence-corrected chi connectivity index (χ0v) is 24.3. The third kappa shape index (κ3) is 5.19. The summed E-state index contributed by atoms with van der Waals surface area (Å²) < 4.78 is 46.5. The lowest BCUT2D eigenvalue weighted by molar-refractivity contribution is -0.121. The van der Waals surface area contributed by atoms with Gasteiger partial charge in [-0.2, -0.15) is 0 Å². The number of allylic oxidation sites excluding steroid dienone is 1. The summed E-state index contributed by atoms with van der Waals surface area (Å²) >= 11 is 0. The fourth-order valence-corrected chi connectivity index (χ4v) is 6.09. The zero-order chi connectivity index (χ0) is 30.3. The van der Waals surface area contributed by atoms with E-state index in [9.17, 15) is 9.59 Å². The molecule has 1 amide bonds. The van der Waals surface area contributed by atoms with Gasteiger partial charge >= 0.3 is 0 Å². The molecule has 0 N–H and O–H groups in total. The van der Waals surface area contributed by atoms with Crippen LogP contribution in [-0.2, 0) is 39.3 Å². The first kappa shape index (κ1) is 28.9. The van der Waals surface area contributed by atoms with Gasteiger partial charge in [0.05, 0.1) is 45.1 Å². The number of methoxy groups -OCH3 is 2. The maximum Gasteiger partial charge on any atom is 0.238 e. The second-order valence-corrected chi connectivity index (χ2v) is 11.2.